The molecule has 4 N–H and O–H groups in total. The molecule has 53 heavy (non-hydrogen) atoms. The van der Waals surface area contributed by atoms with Gasteiger partial charge in [-0.05, 0) is 114 Å². The summed E-state index contributed by atoms with van der Waals surface area (Å²) in [5, 5.41) is 17.5. The van der Waals surface area contributed by atoms with Crippen LogP contribution in [-0.4, -0.2) is 29.6 Å². The lowest BCUT2D eigenvalue weighted by molar-refractivity contribution is -0.120. The van der Waals surface area contributed by atoms with Crippen LogP contribution < -0.4 is 16.0 Å². The van der Waals surface area contributed by atoms with E-state index in [2.05, 4.69) is 60.8 Å². The van der Waals surface area contributed by atoms with Crippen LogP contribution in [0.3, 0.4) is 0 Å². The van der Waals surface area contributed by atoms with Gasteiger partial charge in [0.2, 0.25) is 5.91 Å². The lowest BCUT2D eigenvalue weighted by Crippen LogP contribution is -2.43. The molecule has 8 heteroatoms. The van der Waals surface area contributed by atoms with Crippen LogP contribution in [0.25, 0.3) is 16.9 Å². The summed E-state index contributed by atoms with van der Waals surface area (Å²) in [6.07, 6.45) is 0. The summed E-state index contributed by atoms with van der Waals surface area (Å²) in [5.74, 6) is -0.312. The predicted octanol–water partition coefficient (Wildman–Crippen LogP) is 10.6. The van der Waals surface area contributed by atoms with Crippen molar-refractivity contribution in [1.82, 2.24) is 10.6 Å². The number of nitrogens with one attached hydrogen (secondary N) is 3. The Bertz CT molecular complexity index is 1940. The van der Waals surface area contributed by atoms with Gasteiger partial charge in [-0.15, -0.1) is 0 Å². The van der Waals surface area contributed by atoms with Crippen LogP contribution >= 0.6 is 0 Å². The molecule has 0 saturated heterocycles. The highest BCUT2D eigenvalue weighted by molar-refractivity contribution is 5.93. The fourth-order valence-corrected chi connectivity index (χ4v) is 5.18. The standard InChI is InChI=1S/C20H22N2O3.C14H19NO.C11H14O/c1-13(2)14-7-5-9-16(11-14)20(3,4)22-19(25)21-17-10-6-8-15(12-17)18(23)24;1-10(2)12-7-6-8-13(9-12)14(4,5)15-11(3)16;1-4-12-10(3)11-7-5-6-9(2)8-11/h5-12H,1H2,2-4H3,(H,23,24)(H2,21,22,25);6-9H,1H2,2-5H3,(H,15,16);5-8H,3-4H2,1-2H3. The lowest BCUT2D eigenvalue weighted by Gasteiger charge is -2.27. The van der Waals surface area contributed by atoms with Gasteiger partial charge in [0, 0.05) is 18.2 Å². The number of hydrogen-bond donors (Lipinski definition) is 4. The van der Waals surface area contributed by atoms with Crippen LogP contribution in [0.5, 0.6) is 0 Å². The molecule has 0 aliphatic carbocycles. The molecule has 0 spiro atoms. The van der Waals surface area contributed by atoms with E-state index in [9.17, 15) is 14.4 Å². The summed E-state index contributed by atoms with van der Waals surface area (Å²) in [5.41, 5.74) is 8.01. The third-order valence-electron chi connectivity index (χ3n) is 8.09. The number of ether oxygens (including phenoxy) is 1. The highest BCUT2D eigenvalue weighted by atomic mass is 16.5. The summed E-state index contributed by atoms with van der Waals surface area (Å²) >= 11 is 0. The Morgan fingerprint density at radius 2 is 1.13 bits per heavy atom. The molecule has 280 valence electrons. The van der Waals surface area contributed by atoms with Crippen LogP contribution in [0.2, 0.25) is 0 Å². The number of carboxylic acid groups (broad SMARTS) is 1. The predicted molar refractivity (Wildman–Crippen MR) is 220 cm³/mol. The molecule has 0 aromatic heterocycles. The van der Waals surface area contributed by atoms with Crippen molar-refractivity contribution in [1.29, 1.82) is 0 Å². The average molecular weight is 718 g/mol. The SMILES string of the molecule is C=C(C)c1cccc(C(C)(C)NC(=O)Nc2cccc(C(=O)O)c2)c1.C=C(C)c1cccc(C(C)(C)NC(C)=O)c1.C=C(OCC)c1cccc(C)c1. The van der Waals surface area contributed by atoms with Crippen molar-refractivity contribution >= 4 is 40.5 Å². The number of aryl methyl sites for hydroxylation is 1. The van der Waals surface area contributed by atoms with Crippen LogP contribution in [0.4, 0.5) is 10.5 Å². The van der Waals surface area contributed by atoms with E-state index < -0.39 is 17.5 Å². The number of benzene rings is 4. The second-order valence-corrected chi connectivity index (χ2v) is 13.8. The normalized spacial score (nSPS) is 10.6. The number of carbonyl (C=O) groups excluding carboxylic acids is 2. The van der Waals surface area contributed by atoms with Gasteiger partial charge >= 0.3 is 12.0 Å². The molecule has 0 radical (unpaired) electrons. The van der Waals surface area contributed by atoms with Crippen molar-refractivity contribution in [2.75, 3.05) is 11.9 Å². The van der Waals surface area contributed by atoms with E-state index in [4.69, 9.17) is 9.84 Å². The molecular formula is C45H55N3O5. The second kappa shape index (κ2) is 19.6. The fraction of sp³-hybridized carbons (Fsp3) is 0.267. The summed E-state index contributed by atoms with van der Waals surface area (Å²) in [6, 6.07) is 29.8. The molecule has 0 aliphatic rings. The maximum absolute atomic E-state index is 12.3. The van der Waals surface area contributed by atoms with E-state index >= 15 is 0 Å². The number of allylic oxidation sites excluding steroid dienone is 2. The number of rotatable bonds is 11. The number of amides is 3. The van der Waals surface area contributed by atoms with Crippen molar-refractivity contribution in [3.63, 3.8) is 0 Å². The van der Waals surface area contributed by atoms with E-state index in [1.807, 2.05) is 103 Å². The molecule has 0 bridgehead atoms. The topological polar surface area (TPSA) is 117 Å². The minimum atomic E-state index is -1.04. The molecule has 0 unspecified atom stereocenters. The molecule has 3 amide bonds. The van der Waals surface area contributed by atoms with E-state index in [0.29, 0.717) is 12.3 Å². The molecule has 0 aliphatic heterocycles. The molecule has 4 aromatic rings. The largest absolute Gasteiger partial charge is 0.494 e. The molecular weight excluding hydrogens is 663 g/mol. The van der Waals surface area contributed by atoms with Crippen molar-refractivity contribution in [3.8, 4) is 0 Å². The van der Waals surface area contributed by atoms with E-state index in [1.165, 1.54) is 24.6 Å². The zero-order valence-electron chi connectivity index (χ0n) is 32.6. The van der Waals surface area contributed by atoms with Crippen LogP contribution in [0.1, 0.15) is 99.1 Å². The highest BCUT2D eigenvalue weighted by Gasteiger charge is 2.24. The van der Waals surface area contributed by atoms with Crippen LogP contribution in [0.15, 0.2) is 117 Å². The summed E-state index contributed by atoms with van der Waals surface area (Å²) < 4.78 is 5.29. The molecule has 0 fully saturated rings. The number of carboxylic acids is 1. The molecule has 8 nitrogen and oxygen atoms in total. The van der Waals surface area contributed by atoms with Crippen molar-refractivity contribution in [2.45, 2.75) is 73.4 Å². The smallest absolute Gasteiger partial charge is 0.335 e. The zero-order valence-corrected chi connectivity index (χ0v) is 32.6. The Labute approximate surface area is 315 Å². The van der Waals surface area contributed by atoms with Gasteiger partial charge in [-0.2, -0.15) is 0 Å². The summed E-state index contributed by atoms with van der Waals surface area (Å²) in [4.78, 5) is 34.4. The first-order valence-corrected chi connectivity index (χ1v) is 17.4. The fourth-order valence-electron chi connectivity index (χ4n) is 5.18. The summed E-state index contributed by atoms with van der Waals surface area (Å²) in [7, 11) is 0. The number of anilines is 1. The molecule has 0 heterocycles. The van der Waals surface area contributed by atoms with E-state index in [1.54, 1.807) is 12.1 Å². The third kappa shape index (κ3) is 14.3. The Kier molecular flexibility index (Phi) is 16.0. The van der Waals surface area contributed by atoms with Gasteiger partial charge in [0.1, 0.15) is 5.76 Å². The first kappa shape index (κ1) is 43.3. The maximum Gasteiger partial charge on any atom is 0.335 e. The Hall–Kier alpha value is -5.89. The first-order valence-electron chi connectivity index (χ1n) is 17.4. The van der Waals surface area contributed by atoms with Gasteiger partial charge in [0.15, 0.2) is 0 Å². The van der Waals surface area contributed by atoms with Gasteiger partial charge < -0.3 is 25.8 Å². The third-order valence-corrected chi connectivity index (χ3v) is 8.09. The molecule has 0 atom stereocenters. The summed E-state index contributed by atoms with van der Waals surface area (Å²) in [6.45, 7) is 29.6. The zero-order chi connectivity index (χ0) is 39.9. The lowest BCUT2D eigenvalue weighted by atomic mass is 9.91. The first-order chi connectivity index (χ1) is 24.7. The van der Waals surface area contributed by atoms with Gasteiger partial charge in [-0.3, -0.25) is 4.79 Å². The molecule has 0 saturated carbocycles. The Balaban J connectivity index is 0.000000298. The van der Waals surface area contributed by atoms with Crippen molar-refractivity contribution < 1.29 is 24.2 Å². The Morgan fingerprint density at radius 3 is 1.60 bits per heavy atom. The second-order valence-electron chi connectivity index (χ2n) is 13.8. The average Bonchev–Trinajstić information content (AvgIpc) is 3.08. The van der Waals surface area contributed by atoms with E-state index in [0.717, 1.165) is 44.7 Å². The highest BCUT2D eigenvalue weighted by Crippen LogP contribution is 2.25. The minimum absolute atomic E-state index is 0.0225. The number of aromatic carboxylic acids is 1. The van der Waals surface area contributed by atoms with Crippen molar-refractivity contribution in [3.05, 3.63) is 156 Å². The van der Waals surface area contributed by atoms with Crippen molar-refractivity contribution in [2.24, 2.45) is 0 Å². The Morgan fingerprint density at radius 1 is 0.660 bits per heavy atom. The number of urea groups is 1. The monoisotopic (exact) mass is 717 g/mol. The molecule has 4 rings (SSSR count). The molecule has 4 aromatic carbocycles. The van der Waals surface area contributed by atoms with Gasteiger partial charge in [0.25, 0.3) is 0 Å². The van der Waals surface area contributed by atoms with E-state index in [-0.39, 0.29) is 17.0 Å². The van der Waals surface area contributed by atoms with Gasteiger partial charge in [-0.1, -0.05) is 97.1 Å². The minimum Gasteiger partial charge on any atom is -0.494 e. The van der Waals surface area contributed by atoms with Crippen LogP contribution in [-0.2, 0) is 20.6 Å². The number of hydrogen-bond acceptors (Lipinski definition) is 4. The number of carbonyl (C=O) groups is 3. The maximum atomic E-state index is 12.3. The quantitative estimate of drug-likeness (QED) is 0.115. The van der Waals surface area contributed by atoms with Crippen LogP contribution in [0, 0.1) is 6.92 Å². The van der Waals surface area contributed by atoms with Gasteiger partial charge in [0.05, 0.1) is 23.2 Å². The van der Waals surface area contributed by atoms with Gasteiger partial charge in [-0.25, -0.2) is 9.59 Å².